The maximum absolute atomic E-state index is 14.7. The summed E-state index contributed by atoms with van der Waals surface area (Å²) in [6.07, 6.45) is -1.81. The number of alkyl halides is 1. The van der Waals surface area contributed by atoms with Gasteiger partial charge in [0.15, 0.2) is 0 Å². The van der Waals surface area contributed by atoms with Gasteiger partial charge in [0.25, 0.3) is 0 Å². The minimum absolute atomic E-state index is 0.0224. The Hall–Kier alpha value is -1.30. The first-order chi connectivity index (χ1) is 14.8. The summed E-state index contributed by atoms with van der Waals surface area (Å²) < 4.78 is 32.4. The van der Waals surface area contributed by atoms with Gasteiger partial charge in [0.2, 0.25) is 0 Å². The van der Waals surface area contributed by atoms with Gasteiger partial charge in [-0.25, -0.2) is 0 Å². The van der Waals surface area contributed by atoms with E-state index < -0.39 is 42.9 Å². The number of anilines is 1. The molecule has 1 aromatic carbocycles. The van der Waals surface area contributed by atoms with E-state index in [2.05, 4.69) is 4.98 Å². The van der Waals surface area contributed by atoms with Gasteiger partial charge in [-0.1, -0.05) is 0 Å². The van der Waals surface area contributed by atoms with Crippen molar-refractivity contribution in [2.45, 2.75) is 35.4 Å². The molecule has 13 heteroatoms. The molecule has 5 atom stereocenters. The molecular formula is C18H22ClFN3O6PS. The van der Waals surface area contributed by atoms with Crippen LogP contribution in [0.2, 0.25) is 5.02 Å². The number of halogens is 2. The van der Waals surface area contributed by atoms with Crippen LogP contribution in [0.1, 0.15) is 23.5 Å². The molecule has 31 heavy (non-hydrogen) atoms. The molecule has 9 nitrogen and oxygen atoms in total. The number of nitrogen functional groups attached to an aromatic ring is 1. The van der Waals surface area contributed by atoms with Crippen molar-refractivity contribution in [2.75, 3.05) is 18.9 Å². The second-order valence-electron chi connectivity index (χ2n) is 7.18. The van der Waals surface area contributed by atoms with Crippen LogP contribution in [0.25, 0.3) is 0 Å². The Labute approximate surface area is 186 Å². The van der Waals surface area contributed by atoms with Gasteiger partial charge in [-0.3, -0.25) is 0 Å². The zero-order valence-electron chi connectivity index (χ0n) is 16.1. The number of aromatic nitrogens is 2. The van der Waals surface area contributed by atoms with Crippen molar-refractivity contribution >= 4 is 37.4 Å². The molecule has 2 aromatic rings. The molecule has 0 spiro atoms. The average molecular weight is 494 g/mol. The third-order valence-electron chi connectivity index (χ3n) is 5.03. The van der Waals surface area contributed by atoms with Gasteiger partial charge < -0.3 is 0 Å². The van der Waals surface area contributed by atoms with Gasteiger partial charge in [0.1, 0.15) is 0 Å². The Bertz CT molecular complexity index is 1000. The topological polar surface area (TPSA) is 129 Å². The van der Waals surface area contributed by atoms with E-state index in [1.807, 2.05) is 6.07 Å². The maximum atomic E-state index is 14.7. The number of benzene rings is 1. The molecule has 1 aromatic heterocycles. The molecular weight excluding hydrogens is 472 g/mol. The van der Waals surface area contributed by atoms with Gasteiger partial charge in [0, 0.05) is 0 Å². The van der Waals surface area contributed by atoms with Crippen LogP contribution in [0.15, 0.2) is 41.3 Å². The summed E-state index contributed by atoms with van der Waals surface area (Å²) in [5.74, 6) is 0.0224. The van der Waals surface area contributed by atoms with E-state index in [0.717, 1.165) is 21.9 Å². The molecule has 4 N–H and O–H groups in total. The molecule has 0 amide bonds. The fraction of sp³-hybridized carbons (Fsp3) is 0.444. The number of aliphatic hydroxyl groups excluding tert-OH is 1. The number of hydrogen-bond acceptors (Lipinski definition) is 9. The molecule has 0 saturated carbocycles. The quantitative estimate of drug-likeness (QED) is 0.537. The Morgan fingerprint density at radius 2 is 2.26 bits per heavy atom. The summed E-state index contributed by atoms with van der Waals surface area (Å²) in [4.78, 5) is 26.3. The van der Waals surface area contributed by atoms with Crippen molar-refractivity contribution in [3.05, 3.63) is 57.6 Å². The first-order valence-corrected chi connectivity index (χ1v) is 12.5. The number of rotatable bonds is 5. The first-order valence-electron chi connectivity index (χ1n) is 9.51. The number of thioether (sulfide) groups is 1. The number of nitrogens with zero attached hydrogens (tertiary/aromatic N) is 2. The molecule has 2 saturated heterocycles. The van der Waals surface area contributed by atoms with Crippen LogP contribution in [0.3, 0.4) is 0 Å². The van der Waals surface area contributed by atoms with Crippen LogP contribution in [-0.4, -0.2) is 50.3 Å². The van der Waals surface area contributed by atoms with Crippen molar-refractivity contribution in [2.24, 2.45) is 0 Å². The summed E-state index contributed by atoms with van der Waals surface area (Å²) in [6, 6.07) is 8.44. The Morgan fingerprint density at radius 1 is 1.45 bits per heavy atom. The summed E-state index contributed by atoms with van der Waals surface area (Å²) >= 11 is 7.03. The van der Waals surface area contributed by atoms with Crippen molar-refractivity contribution in [3.63, 3.8) is 0 Å². The summed E-state index contributed by atoms with van der Waals surface area (Å²) in [7, 11) is -4.03. The summed E-state index contributed by atoms with van der Waals surface area (Å²) in [5.41, 5.74) is 5.53. The monoisotopic (exact) mass is 493 g/mol. The van der Waals surface area contributed by atoms with Crippen molar-refractivity contribution in [3.8, 4) is 0 Å². The SMILES string of the molecule is Nc1ccn([C@@H]2S[C@H](CO[PH]3(O)OCCC(c4cccc(Cl)c4)O3)[C@@H](O)[C@@H]2F)c(=O)n1. The van der Waals surface area contributed by atoms with Gasteiger partial charge in [-0.15, -0.1) is 0 Å². The van der Waals surface area contributed by atoms with E-state index in [-0.39, 0.29) is 19.0 Å². The molecule has 0 aliphatic carbocycles. The van der Waals surface area contributed by atoms with E-state index in [0.29, 0.717) is 11.4 Å². The van der Waals surface area contributed by atoms with Crippen molar-refractivity contribution < 1.29 is 28.0 Å². The summed E-state index contributed by atoms with van der Waals surface area (Å²) in [6.45, 7) is -0.0218. The Balaban J connectivity index is 1.41. The van der Waals surface area contributed by atoms with E-state index >= 15 is 0 Å². The van der Waals surface area contributed by atoms with Crippen LogP contribution < -0.4 is 11.4 Å². The first kappa shape index (κ1) is 22.9. The molecule has 2 aliphatic heterocycles. The molecule has 1 unspecified atom stereocenters. The fourth-order valence-electron chi connectivity index (χ4n) is 3.46. The van der Waals surface area contributed by atoms with Crippen LogP contribution >= 0.6 is 31.5 Å². The third kappa shape index (κ3) is 5.04. The minimum atomic E-state index is -4.03. The zero-order chi connectivity index (χ0) is 22.2. The number of hydrogen-bond donors (Lipinski definition) is 3. The molecule has 170 valence electrons. The molecule has 3 heterocycles. The normalized spacial score (nSPS) is 31.4. The molecule has 2 fully saturated rings. The fourth-order valence-corrected chi connectivity index (χ4v) is 6.79. The number of nitrogens with two attached hydrogens (primary N) is 1. The standard InChI is InChI=1S/C18H22ClFN3O6PS/c19-11-3-1-2-10(8-11)12-5-7-27-30(26,29-12)28-9-13-16(24)15(20)17(31-13)23-6-4-14(21)22-18(23)25/h1-4,6,8,12-13,15-17,24,26,30H,5,7,9H2,(H2,21,22,25)/t12?,13-,15+,16-,17-/m1/s1. The van der Waals surface area contributed by atoms with Gasteiger partial charge >= 0.3 is 187 Å². The van der Waals surface area contributed by atoms with E-state index in [1.165, 1.54) is 12.3 Å². The molecule has 0 bridgehead atoms. The van der Waals surface area contributed by atoms with Gasteiger partial charge in [-0.2, -0.15) is 0 Å². The van der Waals surface area contributed by atoms with Crippen LogP contribution in [0.4, 0.5) is 10.2 Å². The Kier molecular flexibility index (Phi) is 6.85. The van der Waals surface area contributed by atoms with Crippen LogP contribution in [-0.2, 0) is 13.6 Å². The van der Waals surface area contributed by atoms with E-state index in [4.69, 9.17) is 30.9 Å². The number of aliphatic hydroxyl groups is 1. The predicted octanol–water partition coefficient (Wildman–Crippen LogP) is 2.39. The van der Waals surface area contributed by atoms with Crippen molar-refractivity contribution in [1.29, 1.82) is 0 Å². The molecule has 2 aliphatic rings. The average Bonchev–Trinajstić information content (AvgIpc) is 3.01. The van der Waals surface area contributed by atoms with Gasteiger partial charge in [-0.05, 0) is 0 Å². The van der Waals surface area contributed by atoms with Crippen LogP contribution in [0, 0.1) is 0 Å². The van der Waals surface area contributed by atoms with E-state index in [1.54, 1.807) is 18.2 Å². The second kappa shape index (κ2) is 9.29. The summed E-state index contributed by atoms with van der Waals surface area (Å²) in [5, 5.41) is 9.08. The third-order valence-corrected chi connectivity index (χ3v) is 8.47. The van der Waals surface area contributed by atoms with Crippen LogP contribution in [0.5, 0.6) is 0 Å². The Morgan fingerprint density at radius 3 is 3.00 bits per heavy atom. The molecule has 0 radical (unpaired) electrons. The molecule has 4 rings (SSSR count). The van der Waals surface area contributed by atoms with Crippen molar-refractivity contribution in [1.82, 2.24) is 9.55 Å². The van der Waals surface area contributed by atoms with E-state index in [9.17, 15) is 19.2 Å². The van der Waals surface area contributed by atoms with Gasteiger partial charge in [0.05, 0.1) is 0 Å². The zero-order valence-corrected chi connectivity index (χ0v) is 18.7. The second-order valence-corrected chi connectivity index (χ2v) is 10.8. The predicted molar refractivity (Wildman–Crippen MR) is 117 cm³/mol.